The first-order valence-corrected chi connectivity index (χ1v) is 4.47. The van der Waals surface area contributed by atoms with E-state index >= 15 is 0 Å². The van der Waals surface area contributed by atoms with E-state index in [1.807, 2.05) is 0 Å². The van der Waals surface area contributed by atoms with Crippen LogP contribution in [0.3, 0.4) is 0 Å². The summed E-state index contributed by atoms with van der Waals surface area (Å²) in [6.07, 6.45) is 2.85. The molecule has 1 fully saturated rings. The molecule has 0 saturated heterocycles. The summed E-state index contributed by atoms with van der Waals surface area (Å²) in [5, 5.41) is 3.47. The normalized spacial score (nSPS) is 31.2. The molecule has 1 saturated carbocycles. The fourth-order valence-corrected chi connectivity index (χ4v) is 1.45. The molecule has 10 heavy (non-hydrogen) atoms. The molecule has 1 heteroatoms. The minimum Gasteiger partial charge on any atom is -0.314 e. The smallest absolute Gasteiger partial charge is 0.00104 e. The van der Waals surface area contributed by atoms with Crippen LogP contribution in [0, 0.1) is 11.8 Å². The lowest BCUT2D eigenvalue weighted by Gasteiger charge is -2.06. The van der Waals surface area contributed by atoms with Crippen molar-refractivity contribution in [3.8, 4) is 0 Å². The van der Waals surface area contributed by atoms with E-state index in [2.05, 4.69) is 26.1 Å². The average molecular weight is 141 g/mol. The predicted octanol–water partition coefficient (Wildman–Crippen LogP) is 2.03. The molecule has 1 N–H and O–H groups in total. The first-order chi connectivity index (χ1) is 4.74. The summed E-state index contributed by atoms with van der Waals surface area (Å²) in [5.41, 5.74) is 0. The molecule has 2 atom stereocenters. The highest BCUT2D eigenvalue weighted by Crippen LogP contribution is 2.40. The third-order valence-corrected chi connectivity index (χ3v) is 2.38. The van der Waals surface area contributed by atoms with Crippen molar-refractivity contribution in [2.24, 2.45) is 11.8 Å². The molecule has 0 unspecified atom stereocenters. The third kappa shape index (κ3) is 2.30. The van der Waals surface area contributed by atoms with Crippen LogP contribution in [0.25, 0.3) is 0 Å². The summed E-state index contributed by atoms with van der Waals surface area (Å²) in [7, 11) is 0. The van der Waals surface area contributed by atoms with E-state index in [9.17, 15) is 0 Å². The summed E-state index contributed by atoms with van der Waals surface area (Å²) in [4.78, 5) is 0. The molecule has 0 aromatic heterocycles. The molecule has 0 spiro atoms. The molecule has 60 valence electrons. The Morgan fingerprint density at radius 2 is 2.10 bits per heavy atom. The van der Waals surface area contributed by atoms with Crippen molar-refractivity contribution in [2.45, 2.75) is 39.7 Å². The molecule has 0 aromatic rings. The Balaban J connectivity index is 1.96. The number of hydrogen-bond donors (Lipinski definition) is 1. The zero-order valence-electron chi connectivity index (χ0n) is 7.35. The summed E-state index contributed by atoms with van der Waals surface area (Å²) in [6.45, 7) is 7.96. The van der Waals surface area contributed by atoms with Crippen molar-refractivity contribution < 1.29 is 0 Å². The van der Waals surface area contributed by atoms with Gasteiger partial charge in [0.05, 0.1) is 0 Å². The zero-order valence-corrected chi connectivity index (χ0v) is 7.35. The molecule has 1 rings (SSSR count). The first kappa shape index (κ1) is 8.06. The molecule has 0 aromatic carbocycles. The Labute approximate surface area is 64.2 Å². The van der Waals surface area contributed by atoms with Crippen LogP contribution in [0.2, 0.25) is 0 Å². The second-order valence-corrected chi connectivity index (χ2v) is 3.73. The second-order valence-electron chi connectivity index (χ2n) is 3.73. The van der Waals surface area contributed by atoms with Gasteiger partial charge in [-0.15, -0.1) is 0 Å². The molecule has 0 radical (unpaired) electrons. The largest absolute Gasteiger partial charge is 0.314 e. The highest BCUT2D eigenvalue weighted by Gasteiger charge is 2.34. The van der Waals surface area contributed by atoms with Crippen molar-refractivity contribution in [3.05, 3.63) is 0 Å². The van der Waals surface area contributed by atoms with Gasteiger partial charge in [0.1, 0.15) is 0 Å². The molecular weight excluding hydrogens is 122 g/mol. The van der Waals surface area contributed by atoms with E-state index in [1.54, 1.807) is 0 Å². The van der Waals surface area contributed by atoms with Gasteiger partial charge in [-0.05, 0) is 24.8 Å². The predicted molar refractivity (Wildman–Crippen MR) is 45.0 cm³/mol. The first-order valence-electron chi connectivity index (χ1n) is 4.47. The highest BCUT2D eigenvalue weighted by atomic mass is 14.9. The Hall–Kier alpha value is -0.0400. The zero-order chi connectivity index (χ0) is 7.56. The molecule has 1 aliphatic carbocycles. The van der Waals surface area contributed by atoms with E-state index in [0.29, 0.717) is 6.04 Å². The summed E-state index contributed by atoms with van der Waals surface area (Å²) < 4.78 is 0. The van der Waals surface area contributed by atoms with Crippen molar-refractivity contribution in [3.63, 3.8) is 0 Å². The minimum absolute atomic E-state index is 0.665. The Kier molecular flexibility index (Phi) is 2.72. The van der Waals surface area contributed by atoms with E-state index in [0.717, 1.165) is 11.8 Å². The SMILES string of the molecule is CC[C@@H]1C[C@H]1CNC(C)C. The number of nitrogens with one attached hydrogen (secondary N) is 1. The third-order valence-electron chi connectivity index (χ3n) is 2.38. The lowest BCUT2D eigenvalue weighted by Crippen LogP contribution is -2.25. The Morgan fingerprint density at radius 3 is 2.50 bits per heavy atom. The standard InChI is InChI=1S/C9H19N/c1-4-8-5-9(8)6-10-7(2)3/h7-10H,4-6H2,1-3H3/t8-,9+/m1/s1. The van der Waals surface area contributed by atoms with E-state index < -0.39 is 0 Å². The monoisotopic (exact) mass is 141 g/mol. The molecule has 0 aliphatic heterocycles. The van der Waals surface area contributed by atoms with Crippen LogP contribution >= 0.6 is 0 Å². The molecule has 0 bridgehead atoms. The van der Waals surface area contributed by atoms with Gasteiger partial charge in [0.2, 0.25) is 0 Å². The Bertz CT molecular complexity index is 98.9. The maximum atomic E-state index is 3.47. The van der Waals surface area contributed by atoms with E-state index in [4.69, 9.17) is 0 Å². The van der Waals surface area contributed by atoms with Gasteiger partial charge in [-0.3, -0.25) is 0 Å². The van der Waals surface area contributed by atoms with Gasteiger partial charge in [-0.25, -0.2) is 0 Å². The van der Waals surface area contributed by atoms with Crippen LogP contribution in [0.1, 0.15) is 33.6 Å². The Morgan fingerprint density at radius 1 is 1.40 bits per heavy atom. The van der Waals surface area contributed by atoms with Crippen molar-refractivity contribution in [2.75, 3.05) is 6.54 Å². The molecule has 1 nitrogen and oxygen atoms in total. The van der Waals surface area contributed by atoms with Gasteiger partial charge < -0.3 is 5.32 Å². The lowest BCUT2D eigenvalue weighted by atomic mass is 10.2. The minimum atomic E-state index is 0.665. The van der Waals surface area contributed by atoms with Crippen LogP contribution in [-0.4, -0.2) is 12.6 Å². The molecule has 0 amide bonds. The quantitative estimate of drug-likeness (QED) is 0.631. The van der Waals surface area contributed by atoms with Crippen LogP contribution in [0.5, 0.6) is 0 Å². The topological polar surface area (TPSA) is 12.0 Å². The fourth-order valence-electron chi connectivity index (χ4n) is 1.45. The fraction of sp³-hybridized carbons (Fsp3) is 1.00. The van der Waals surface area contributed by atoms with E-state index in [-0.39, 0.29) is 0 Å². The summed E-state index contributed by atoms with van der Waals surface area (Å²) in [6, 6.07) is 0.665. The summed E-state index contributed by atoms with van der Waals surface area (Å²) >= 11 is 0. The maximum Gasteiger partial charge on any atom is 0.00104 e. The summed E-state index contributed by atoms with van der Waals surface area (Å²) in [5.74, 6) is 2.05. The average Bonchev–Trinajstić information content (AvgIpc) is 2.61. The molecule has 0 heterocycles. The van der Waals surface area contributed by atoms with Crippen molar-refractivity contribution in [1.82, 2.24) is 5.32 Å². The van der Waals surface area contributed by atoms with Gasteiger partial charge in [0.25, 0.3) is 0 Å². The number of hydrogen-bond acceptors (Lipinski definition) is 1. The van der Waals surface area contributed by atoms with E-state index in [1.165, 1.54) is 19.4 Å². The van der Waals surface area contributed by atoms with Gasteiger partial charge in [0.15, 0.2) is 0 Å². The van der Waals surface area contributed by atoms with Gasteiger partial charge >= 0.3 is 0 Å². The maximum absolute atomic E-state index is 3.47. The van der Waals surface area contributed by atoms with Gasteiger partial charge in [0, 0.05) is 6.04 Å². The van der Waals surface area contributed by atoms with Crippen LogP contribution in [-0.2, 0) is 0 Å². The van der Waals surface area contributed by atoms with Crippen molar-refractivity contribution in [1.29, 1.82) is 0 Å². The van der Waals surface area contributed by atoms with Crippen LogP contribution in [0.4, 0.5) is 0 Å². The van der Waals surface area contributed by atoms with Gasteiger partial charge in [-0.1, -0.05) is 27.2 Å². The second kappa shape index (κ2) is 3.38. The molecular formula is C9H19N. The number of rotatable bonds is 4. The van der Waals surface area contributed by atoms with Crippen molar-refractivity contribution >= 4 is 0 Å². The van der Waals surface area contributed by atoms with Crippen LogP contribution < -0.4 is 5.32 Å². The van der Waals surface area contributed by atoms with Gasteiger partial charge in [-0.2, -0.15) is 0 Å². The van der Waals surface area contributed by atoms with Crippen LogP contribution in [0.15, 0.2) is 0 Å². The highest BCUT2D eigenvalue weighted by molar-refractivity contribution is 4.86. The molecule has 1 aliphatic rings. The lowest BCUT2D eigenvalue weighted by molar-refractivity contribution is 0.536.